The molecule has 0 aliphatic rings. The van der Waals surface area contributed by atoms with E-state index in [0.29, 0.717) is 32.2 Å². The standard InChI is InChI=1S/C36H50N2O5/c1-3-4-5-6-7-8-9-10-11-12-13-14-15-16-17-18-19-20-21-25-34(40)37-28-23-22-24-32(36(42)43)38-35(41)31-27-26-30(2)29-33(31)39/h4-5,7-8,10-11,13-14,16-17,19-20,26-27,29,32,39H,3,6,9,12,15,18,21-25,28H2,1-2H3,(H,37,40)(H,38,41)(H,42,43)/b5-4-,8-7-,11-10-,14-13-,17-16-,20-19-. The summed E-state index contributed by atoms with van der Waals surface area (Å²) in [5.41, 5.74) is 0.833. The molecule has 1 atom stereocenters. The monoisotopic (exact) mass is 590 g/mol. The highest BCUT2D eigenvalue weighted by atomic mass is 16.4. The fourth-order valence-corrected chi connectivity index (χ4v) is 3.97. The molecule has 1 unspecified atom stereocenters. The van der Waals surface area contributed by atoms with Crippen LogP contribution in [-0.4, -0.2) is 40.6 Å². The Labute approximate surface area is 257 Å². The van der Waals surface area contributed by atoms with Crippen molar-refractivity contribution >= 4 is 17.8 Å². The summed E-state index contributed by atoms with van der Waals surface area (Å²) in [5.74, 6) is -2.00. The molecular formula is C36H50N2O5. The molecule has 0 fully saturated rings. The van der Waals surface area contributed by atoms with Gasteiger partial charge in [-0.3, -0.25) is 9.59 Å². The number of carbonyl (C=O) groups is 3. The quantitative estimate of drug-likeness (QED) is 0.0818. The van der Waals surface area contributed by atoms with E-state index < -0.39 is 17.9 Å². The zero-order valence-corrected chi connectivity index (χ0v) is 25.8. The van der Waals surface area contributed by atoms with Gasteiger partial charge in [-0.05, 0) is 88.8 Å². The van der Waals surface area contributed by atoms with E-state index in [2.05, 4.69) is 84.4 Å². The minimum Gasteiger partial charge on any atom is -0.507 e. The summed E-state index contributed by atoms with van der Waals surface area (Å²) >= 11 is 0. The first-order valence-corrected chi connectivity index (χ1v) is 15.3. The number of unbranched alkanes of at least 4 members (excludes halogenated alkanes) is 1. The summed E-state index contributed by atoms with van der Waals surface area (Å²) in [6.07, 6.45) is 33.9. The second-order valence-electron chi connectivity index (χ2n) is 10.2. The Morgan fingerprint density at radius 3 is 1.84 bits per heavy atom. The smallest absolute Gasteiger partial charge is 0.326 e. The van der Waals surface area contributed by atoms with E-state index in [1.807, 2.05) is 6.08 Å². The number of allylic oxidation sites excluding steroid dienone is 12. The summed E-state index contributed by atoms with van der Waals surface area (Å²) in [4.78, 5) is 36.0. The van der Waals surface area contributed by atoms with Gasteiger partial charge in [0.05, 0.1) is 5.56 Å². The molecule has 2 amide bonds. The molecular weight excluding hydrogens is 540 g/mol. The van der Waals surface area contributed by atoms with Crippen molar-refractivity contribution in [1.82, 2.24) is 10.6 Å². The number of phenolic OH excluding ortho intramolecular Hbond substituents is 1. The summed E-state index contributed by atoms with van der Waals surface area (Å²) in [7, 11) is 0. The van der Waals surface area contributed by atoms with Gasteiger partial charge in [0.15, 0.2) is 0 Å². The van der Waals surface area contributed by atoms with Crippen LogP contribution >= 0.6 is 0 Å². The average Bonchev–Trinajstić information content (AvgIpc) is 2.97. The Hall–Kier alpha value is -4.13. The first kappa shape index (κ1) is 36.9. The van der Waals surface area contributed by atoms with E-state index in [-0.39, 0.29) is 23.6 Å². The minimum atomic E-state index is -1.14. The highest BCUT2D eigenvalue weighted by Gasteiger charge is 2.21. The number of carbonyl (C=O) groups excluding carboxylic acids is 2. The van der Waals surface area contributed by atoms with Crippen molar-refractivity contribution < 1.29 is 24.6 Å². The molecule has 234 valence electrons. The SMILES string of the molecule is CC/C=C\C/C=C\C/C=C\C/C=C\C/C=C\C/C=C\CCC(=O)NCCCCC(NC(=O)c1ccc(C)cc1O)C(=O)O. The normalized spacial score (nSPS) is 12.9. The molecule has 0 saturated heterocycles. The van der Waals surface area contributed by atoms with Crippen LogP contribution in [0.25, 0.3) is 0 Å². The molecule has 1 rings (SSSR count). The molecule has 43 heavy (non-hydrogen) atoms. The molecule has 0 spiro atoms. The van der Waals surface area contributed by atoms with Crippen molar-refractivity contribution in [2.75, 3.05) is 6.54 Å². The topological polar surface area (TPSA) is 116 Å². The van der Waals surface area contributed by atoms with E-state index in [1.54, 1.807) is 13.0 Å². The number of aryl methyl sites for hydroxylation is 1. The number of rotatable bonds is 22. The average molecular weight is 591 g/mol. The minimum absolute atomic E-state index is 0.0380. The maximum absolute atomic E-state index is 12.4. The third-order valence-electron chi connectivity index (χ3n) is 6.38. The molecule has 0 saturated carbocycles. The predicted octanol–water partition coefficient (Wildman–Crippen LogP) is 7.65. The first-order valence-electron chi connectivity index (χ1n) is 15.3. The number of carboxylic acid groups (broad SMARTS) is 1. The summed E-state index contributed by atoms with van der Waals surface area (Å²) in [6, 6.07) is 3.52. The van der Waals surface area contributed by atoms with Gasteiger partial charge < -0.3 is 20.8 Å². The van der Waals surface area contributed by atoms with Gasteiger partial charge in [-0.25, -0.2) is 4.79 Å². The molecule has 7 heteroatoms. The maximum atomic E-state index is 12.4. The third kappa shape index (κ3) is 19.6. The zero-order chi connectivity index (χ0) is 31.5. The molecule has 7 nitrogen and oxygen atoms in total. The predicted molar refractivity (Wildman–Crippen MR) is 176 cm³/mol. The highest BCUT2D eigenvalue weighted by Crippen LogP contribution is 2.18. The van der Waals surface area contributed by atoms with Crippen LogP contribution in [0, 0.1) is 6.92 Å². The molecule has 0 aromatic heterocycles. The van der Waals surface area contributed by atoms with Crippen LogP contribution in [0.1, 0.15) is 93.5 Å². The van der Waals surface area contributed by atoms with Crippen LogP contribution in [0.3, 0.4) is 0 Å². The number of aliphatic carboxylic acids is 1. The second kappa shape index (κ2) is 24.5. The fraction of sp³-hybridized carbons (Fsp3) is 0.417. The number of aromatic hydroxyl groups is 1. The van der Waals surface area contributed by atoms with Gasteiger partial charge in [0.2, 0.25) is 5.91 Å². The molecule has 0 aliphatic carbocycles. The van der Waals surface area contributed by atoms with E-state index in [0.717, 1.165) is 44.1 Å². The van der Waals surface area contributed by atoms with Crippen molar-refractivity contribution in [3.8, 4) is 5.75 Å². The summed E-state index contributed by atoms with van der Waals surface area (Å²) < 4.78 is 0. The molecule has 0 radical (unpaired) electrons. The number of hydrogen-bond donors (Lipinski definition) is 4. The summed E-state index contributed by atoms with van der Waals surface area (Å²) in [6.45, 7) is 4.37. The van der Waals surface area contributed by atoms with Crippen molar-refractivity contribution in [2.24, 2.45) is 0 Å². The second-order valence-corrected chi connectivity index (χ2v) is 10.2. The van der Waals surface area contributed by atoms with E-state index in [9.17, 15) is 24.6 Å². The Kier molecular flexibility index (Phi) is 21.0. The zero-order valence-electron chi connectivity index (χ0n) is 25.8. The lowest BCUT2D eigenvalue weighted by molar-refractivity contribution is -0.139. The van der Waals surface area contributed by atoms with Gasteiger partial charge >= 0.3 is 5.97 Å². The lowest BCUT2D eigenvalue weighted by Crippen LogP contribution is -2.40. The van der Waals surface area contributed by atoms with Crippen LogP contribution in [0.15, 0.2) is 91.1 Å². The number of hydrogen-bond acceptors (Lipinski definition) is 4. The Balaban J connectivity index is 2.10. The Morgan fingerprint density at radius 2 is 1.33 bits per heavy atom. The number of phenols is 1. The number of amides is 2. The molecule has 1 aromatic carbocycles. The van der Waals surface area contributed by atoms with Gasteiger partial charge in [-0.1, -0.05) is 85.9 Å². The lowest BCUT2D eigenvalue weighted by Gasteiger charge is -2.15. The lowest BCUT2D eigenvalue weighted by atomic mass is 10.1. The fourth-order valence-electron chi connectivity index (χ4n) is 3.97. The summed E-state index contributed by atoms with van der Waals surface area (Å²) in [5, 5.41) is 24.7. The van der Waals surface area contributed by atoms with E-state index in [1.165, 1.54) is 12.1 Å². The number of carboxylic acids is 1. The van der Waals surface area contributed by atoms with Gasteiger partial charge in [0, 0.05) is 13.0 Å². The maximum Gasteiger partial charge on any atom is 0.326 e. The van der Waals surface area contributed by atoms with Crippen LogP contribution in [0.5, 0.6) is 5.75 Å². The van der Waals surface area contributed by atoms with Gasteiger partial charge in [0.25, 0.3) is 5.91 Å². The van der Waals surface area contributed by atoms with Crippen molar-refractivity contribution in [3.63, 3.8) is 0 Å². The van der Waals surface area contributed by atoms with Gasteiger partial charge in [0.1, 0.15) is 11.8 Å². The van der Waals surface area contributed by atoms with E-state index in [4.69, 9.17) is 0 Å². The van der Waals surface area contributed by atoms with Crippen molar-refractivity contribution in [2.45, 2.75) is 90.5 Å². The number of nitrogens with one attached hydrogen (secondary N) is 2. The largest absolute Gasteiger partial charge is 0.507 e. The third-order valence-corrected chi connectivity index (χ3v) is 6.38. The first-order chi connectivity index (χ1) is 20.8. The van der Waals surface area contributed by atoms with Crippen molar-refractivity contribution in [3.05, 3.63) is 102 Å². The number of benzene rings is 1. The van der Waals surface area contributed by atoms with Crippen LogP contribution in [0.2, 0.25) is 0 Å². The van der Waals surface area contributed by atoms with Crippen LogP contribution in [-0.2, 0) is 9.59 Å². The molecule has 1 aromatic rings. The van der Waals surface area contributed by atoms with Crippen molar-refractivity contribution in [1.29, 1.82) is 0 Å². The van der Waals surface area contributed by atoms with Gasteiger partial charge in [-0.2, -0.15) is 0 Å². The Morgan fingerprint density at radius 1 is 0.791 bits per heavy atom. The van der Waals surface area contributed by atoms with Crippen LogP contribution in [0.4, 0.5) is 0 Å². The highest BCUT2D eigenvalue weighted by molar-refractivity contribution is 5.98. The molecule has 0 heterocycles. The molecule has 0 aliphatic heterocycles. The van der Waals surface area contributed by atoms with E-state index >= 15 is 0 Å². The molecule has 4 N–H and O–H groups in total. The molecule has 0 bridgehead atoms. The Bertz CT molecular complexity index is 1140. The van der Waals surface area contributed by atoms with Gasteiger partial charge in [-0.15, -0.1) is 0 Å². The van der Waals surface area contributed by atoms with Crippen LogP contribution < -0.4 is 10.6 Å².